The van der Waals surface area contributed by atoms with Gasteiger partial charge in [0.2, 0.25) is 0 Å². The number of aliphatic hydroxyl groups is 1. The van der Waals surface area contributed by atoms with Gasteiger partial charge in [-0.25, -0.2) is 9.78 Å². The Morgan fingerprint density at radius 2 is 2.18 bits per heavy atom. The Balaban J connectivity index is 1.73. The molecule has 1 saturated carbocycles. The van der Waals surface area contributed by atoms with Gasteiger partial charge in [-0.15, -0.1) is 11.3 Å². The zero-order chi connectivity index (χ0) is 15.9. The number of aromatic nitrogens is 1. The summed E-state index contributed by atoms with van der Waals surface area (Å²) in [7, 11) is 0. The lowest BCUT2D eigenvalue weighted by molar-refractivity contribution is 0.154. The van der Waals surface area contributed by atoms with Crippen molar-refractivity contribution >= 4 is 17.4 Å². The Kier molecular flexibility index (Phi) is 6.64. The van der Waals surface area contributed by atoms with Gasteiger partial charge in [0.15, 0.2) is 0 Å². The molecule has 1 aromatic rings. The molecule has 5 nitrogen and oxygen atoms in total. The summed E-state index contributed by atoms with van der Waals surface area (Å²) in [6.45, 7) is 4.96. The lowest BCUT2D eigenvalue weighted by Crippen LogP contribution is -2.48. The van der Waals surface area contributed by atoms with Crippen molar-refractivity contribution < 1.29 is 9.90 Å². The van der Waals surface area contributed by atoms with Gasteiger partial charge >= 0.3 is 6.03 Å². The number of carbonyl (C=O) groups excluding carboxylic acids is 1. The molecule has 3 N–H and O–H groups in total. The van der Waals surface area contributed by atoms with E-state index in [1.54, 1.807) is 11.3 Å². The molecule has 0 aromatic carbocycles. The molecule has 2 amide bonds. The van der Waals surface area contributed by atoms with Crippen LogP contribution in [0.4, 0.5) is 4.79 Å². The Morgan fingerprint density at radius 3 is 2.86 bits per heavy atom. The molecule has 1 aliphatic carbocycles. The molecule has 2 atom stereocenters. The third-order valence-corrected chi connectivity index (χ3v) is 5.43. The van der Waals surface area contributed by atoms with Crippen molar-refractivity contribution in [2.45, 2.75) is 58.4 Å². The molecule has 0 spiro atoms. The number of urea groups is 1. The van der Waals surface area contributed by atoms with Crippen LogP contribution in [0, 0.1) is 12.8 Å². The smallest absolute Gasteiger partial charge is 0.315 e. The zero-order valence-electron chi connectivity index (χ0n) is 13.5. The average Bonchev–Trinajstić information content (AvgIpc) is 2.88. The van der Waals surface area contributed by atoms with Crippen LogP contribution in [0.2, 0.25) is 0 Å². The van der Waals surface area contributed by atoms with Crippen molar-refractivity contribution in [3.63, 3.8) is 0 Å². The second-order valence-corrected chi connectivity index (χ2v) is 7.24. The fourth-order valence-corrected chi connectivity index (χ4v) is 4.06. The van der Waals surface area contributed by atoms with Crippen LogP contribution in [0.5, 0.6) is 0 Å². The van der Waals surface area contributed by atoms with Crippen LogP contribution >= 0.6 is 11.3 Å². The minimum Gasteiger partial charge on any atom is -0.396 e. The molecule has 2 rings (SSSR count). The highest BCUT2D eigenvalue weighted by atomic mass is 32.1. The number of aryl methyl sites for hydroxylation is 2. The molecule has 1 aliphatic rings. The number of thiazole rings is 1. The number of nitrogens with one attached hydrogen (secondary N) is 2. The number of nitrogens with zero attached hydrogens (tertiary/aromatic N) is 1. The van der Waals surface area contributed by atoms with E-state index in [0.717, 1.165) is 49.2 Å². The highest BCUT2D eigenvalue weighted by molar-refractivity contribution is 7.11. The second kappa shape index (κ2) is 8.48. The minimum absolute atomic E-state index is 0.104. The summed E-state index contributed by atoms with van der Waals surface area (Å²) < 4.78 is 0. The zero-order valence-corrected chi connectivity index (χ0v) is 14.3. The van der Waals surface area contributed by atoms with Gasteiger partial charge in [0.25, 0.3) is 0 Å². The van der Waals surface area contributed by atoms with E-state index in [2.05, 4.69) is 29.5 Å². The van der Waals surface area contributed by atoms with Crippen LogP contribution in [0.1, 0.15) is 48.2 Å². The Hall–Kier alpha value is -1.14. The van der Waals surface area contributed by atoms with Crippen molar-refractivity contribution in [1.29, 1.82) is 0 Å². The summed E-state index contributed by atoms with van der Waals surface area (Å²) in [4.78, 5) is 17.8. The van der Waals surface area contributed by atoms with Gasteiger partial charge in [0.1, 0.15) is 0 Å². The first kappa shape index (κ1) is 17.2. The van der Waals surface area contributed by atoms with Gasteiger partial charge in [0.05, 0.1) is 10.7 Å². The molecule has 1 fully saturated rings. The maximum atomic E-state index is 12.0. The van der Waals surface area contributed by atoms with E-state index >= 15 is 0 Å². The number of aliphatic hydroxyl groups excluding tert-OH is 1. The van der Waals surface area contributed by atoms with Crippen molar-refractivity contribution in [1.82, 2.24) is 15.6 Å². The number of hydrogen-bond donors (Lipinski definition) is 3. The minimum atomic E-state index is -0.130. The van der Waals surface area contributed by atoms with Gasteiger partial charge in [0, 0.05) is 36.4 Å². The summed E-state index contributed by atoms with van der Waals surface area (Å²) >= 11 is 1.71. The number of hydrogen-bond acceptors (Lipinski definition) is 4. The molecule has 0 radical (unpaired) electrons. The first-order valence-corrected chi connectivity index (χ1v) is 9.06. The molecule has 0 aliphatic heterocycles. The van der Waals surface area contributed by atoms with E-state index in [4.69, 9.17) is 0 Å². The summed E-state index contributed by atoms with van der Waals surface area (Å²) in [5.74, 6) is 0.202. The third kappa shape index (κ3) is 4.68. The second-order valence-electron chi connectivity index (χ2n) is 5.95. The van der Waals surface area contributed by atoms with E-state index in [1.165, 1.54) is 4.88 Å². The maximum absolute atomic E-state index is 12.0. The van der Waals surface area contributed by atoms with Gasteiger partial charge in [-0.05, 0) is 26.2 Å². The topological polar surface area (TPSA) is 74.2 Å². The van der Waals surface area contributed by atoms with Crippen molar-refractivity contribution in [3.8, 4) is 0 Å². The van der Waals surface area contributed by atoms with E-state index in [9.17, 15) is 9.90 Å². The number of amides is 2. The predicted molar refractivity (Wildman–Crippen MR) is 89.3 cm³/mol. The van der Waals surface area contributed by atoms with E-state index in [0.29, 0.717) is 6.54 Å². The van der Waals surface area contributed by atoms with Crippen molar-refractivity contribution in [3.05, 3.63) is 15.6 Å². The van der Waals surface area contributed by atoms with Crippen LogP contribution in [0.25, 0.3) is 0 Å². The molecule has 0 bridgehead atoms. The Bertz CT molecular complexity index is 490. The average molecular weight is 325 g/mol. The van der Waals surface area contributed by atoms with Crippen LogP contribution in [0.15, 0.2) is 0 Å². The number of carbonyl (C=O) groups is 1. The summed E-state index contributed by atoms with van der Waals surface area (Å²) in [6, 6.07) is -0.0260. The third-order valence-electron chi connectivity index (χ3n) is 4.36. The summed E-state index contributed by atoms with van der Waals surface area (Å²) in [6.07, 6.45) is 5.96. The first-order valence-electron chi connectivity index (χ1n) is 8.24. The normalized spacial score (nSPS) is 21.6. The van der Waals surface area contributed by atoms with Gasteiger partial charge in [-0.3, -0.25) is 0 Å². The molecule has 124 valence electrons. The largest absolute Gasteiger partial charge is 0.396 e. The lowest BCUT2D eigenvalue weighted by Gasteiger charge is -2.30. The van der Waals surface area contributed by atoms with Crippen molar-refractivity contribution in [2.24, 2.45) is 5.92 Å². The predicted octanol–water partition coefficient (Wildman–Crippen LogP) is 2.41. The summed E-state index contributed by atoms with van der Waals surface area (Å²) in [5, 5.41) is 16.4. The molecule has 1 heterocycles. The highest BCUT2D eigenvalue weighted by Crippen LogP contribution is 2.23. The SMILES string of the molecule is CCc1nc(CCNC(=O)NC2CCCCC2CO)sc1C. The molecule has 22 heavy (non-hydrogen) atoms. The molecule has 6 heteroatoms. The fourth-order valence-electron chi connectivity index (χ4n) is 3.04. The highest BCUT2D eigenvalue weighted by Gasteiger charge is 2.25. The molecular weight excluding hydrogens is 298 g/mol. The monoisotopic (exact) mass is 325 g/mol. The van der Waals surface area contributed by atoms with Gasteiger partial charge in [-0.2, -0.15) is 0 Å². The quantitative estimate of drug-likeness (QED) is 0.752. The molecule has 0 saturated heterocycles. The van der Waals surface area contributed by atoms with E-state index in [-0.39, 0.29) is 24.6 Å². The molecular formula is C16H27N3O2S. The van der Waals surface area contributed by atoms with E-state index in [1.807, 2.05) is 0 Å². The van der Waals surface area contributed by atoms with Gasteiger partial charge < -0.3 is 15.7 Å². The molecule has 2 unspecified atom stereocenters. The van der Waals surface area contributed by atoms with Crippen LogP contribution in [-0.2, 0) is 12.8 Å². The molecule has 1 aromatic heterocycles. The maximum Gasteiger partial charge on any atom is 0.315 e. The van der Waals surface area contributed by atoms with E-state index < -0.39 is 0 Å². The van der Waals surface area contributed by atoms with Crippen LogP contribution < -0.4 is 10.6 Å². The standard InChI is InChI=1S/C16H27N3O2S/c1-3-13-11(2)22-15(18-13)8-9-17-16(21)19-14-7-5-4-6-12(14)10-20/h12,14,20H,3-10H2,1-2H3,(H2,17,19,21). The first-order chi connectivity index (χ1) is 10.6. The summed E-state index contributed by atoms with van der Waals surface area (Å²) in [5.41, 5.74) is 1.16. The Labute approximate surface area is 136 Å². The van der Waals surface area contributed by atoms with Crippen LogP contribution in [-0.4, -0.2) is 35.3 Å². The van der Waals surface area contributed by atoms with Crippen LogP contribution in [0.3, 0.4) is 0 Å². The van der Waals surface area contributed by atoms with Crippen molar-refractivity contribution in [2.75, 3.05) is 13.2 Å². The lowest BCUT2D eigenvalue weighted by atomic mass is 9.85. The number of rotatable bonds is 6. The van der Waals surface area contributed by atoms with Gasteiger partial charge in [-0.1, -0.05) is 19.8 Å². The fraction of sp³-hybridized carbons (Fsp3) is 0.750. The Morgan fingerprint density at radius 1 is 1.41 bits per heavy atom.